The molecule has 1 aliphatic rings. The van der Waals surface area contributed by atoms with Crippen LogP contribution in [0.1, 0.15) is 33.6 Å². The van der Waals surface area contributed by atoms with Crippen LogP contribution in [0.3, 0.4) is 0 Å². The number of nitrogens with one attached hydrogen (secondary N) is 1. The second-order valence-corrected chi connectivity index (χ2v) is 7.03. The number of nitrogens with zero attached hydrogens (tertiary/aromatic N) is 1. The Morgan fingerprint density at radius 2 is 2.00 bits per heavy atom. The number of hydrogen-bond acceptors (Lipinski definition) is 3. The van der Waals surface area contributed by atoms with E-state index in [9.17, 15) is 0 Å². The minimum atomic E-state index is 0.370. The van der Waals surface area contributed by atoms with Gasteiger partial charge in [0, 0.05) is 18.3 Å². The van der Waals surface area contributed by atoms with Crippen LogP contribution in [-0.4, -0.2) is 49.1 Å². The minimum absolute atomic E-state index is 0.370. The topological polar surface area (TPSA) is 15.3 Å². The lowest BCUT2D eigenvalue weighted by atomic mass is 9.85. The number of hydrogen-bond donors (Lipinski definition) is 1. The average molecular weight is 244 g/mol. The zero-order chi connectivity index (χ0) is 12.0. The smallest absolute Gasteiger partial charge is 0.0125 e. The van der Waals surface area contributed by atoms with Gasteiger partial charge in [-0.3, -0.25) is 0 Å². The Labute approximate surface area is 106 Å². The second-order valence-electron chi connectivity index (χ2n) is 5.80. The van der Waals surface area contributed by atoms with Crippen molar-refractivity contribution < 1.29 is 0 Å². The molecule has 1 fully saturated rings. The monoisotopic (exact) mass is 244 g/mol. The molecule has 3 heteroatoms. The van der Waals surface area contributed by atoms with E-state index in [1.54, 1.807) is 0 Å². The fourth-order valence-corrected chi connectivity index (χ4v) is 3.27. The van der Waals surface area contributed by atoms with Crippen LogP contribution in [-0.2, 0) is 0 Å². The molecule has 1 aliphatic heterocycles. The van der Waals surface area contributed by atoms with Gasteiger partial charge in [0.05, 0.1) is 0 Å². The molecule has 0 amide bonds. The van der Waals surface area contributed by atoms with Crippen molar-refractivity contribution in [1.82, 2.24) is 10.2 Å². The molecule has 1 heterocycles. The van der Waals surface area contributed by atoms with Gasteiger partial charge in [0.25, 0.3) is 0 Å². The third-order valence-electron chi connectivity index (χ3n) is 3.44. The van der Waals surface area contributed by atoms with E-state index in [1.807, 2.05) is 0 Å². The van der Waals surface area contributed by atoms with Crippen molar-refractivity contribution in [3.05, 3.63) is 0 Å². The predicted octanol–water partition coefficient (Wildman–Crippen LogP) is 2.45. The van der Waals surface area contributed by atoms with Gasteiger partial charge in [-0.05, 0) is 44.1 Å². The molecule has 2 nitrogen and oxygen atoms in total. The Kier molecular flexibility index (Phi) is 6.16. The Bertz CT molecular complexity index is 181. The maximum absolute atomic E-state index is 3.47. The summed E-state index contributed by atoms with van der Waals surface area (Å²) in [4.78, 5) is 2.64. The summed E-state index contributed by atoms with van der Waals surface area (Å²) < 4.78 is 0. The summed E-state index contributed by atoms with van der Waals surface area (Å²) in [6.07, 6.45) is 2.63. The molecule has 0 aliphatic carbocycles. The van der Waals surface area contributed by atoms with Crippen LogP contribution in [0.15, 0.2) is 0 Å². The first-order valence-corrected chi connectivity index (χ1v) is 7.67. The molecule has 0 aromatic carbocycles. The number of thioether (sulfide) groups is 1. The second kappa shape index (κ2) is 6.87. The van der Waals surface area contributed by atoms with E-state index >= 15 is 0 Å². The van der Waals surface area contributed by atoms with Gasteiger partial charge in [-0.15, -0.1) is 0 Å². The lowest BCUT2D eigenvalue weighted by Crippen LogP contribution is -2.41. The van der Waals surface area contributed by atoms with Gasteiger partial charge in [0.2, 0.25) is 0 Å². The Hall–Kier alpha value is 0.270. The minimum Gasteiger partial charge on any atom is -0.316 e. The van der Waals surface area contributed by atoms with Gasteiger partial charge >= 0.3 is 0 Å². The van der Waals surface area contributed by atoms with Crippen LogP contribution >= 0.6 is 11.8 Å². The first-order valence-electron chi connectivity index (χ1n) is 6.51. The summed E-state index contributed by atoms with van der Waals surface area (Å²) in [5, 5.41) is 3.47. The molecule has 0 radical (unpaired) electrons. The molecule has 0 spiro atoms. The largest absolute Gasteiger partial charge is 0.316 e. The van der Waals surface area contributed by atoms with E-state index in [0.717, 1.165) is 0 Å². The van der Waals surface area contributed by atoms with Crippen molar-refractivity contribution in [3.8, 4) is 0 Å². The molecule has 1 rings (SSSR count). The molecule has 0 aromatic rings. The van der Waals surface area contributed by atoms with E-state index < -0.39 is 0 Å². The normalized spacial score (nSPS) is 21.8. The van der Waals surface area contributed by atoms with E-state index in [4.69, 9.17) is 0 Å². The predicted molar refractivity (Wildman–Crippen MR) is 75.3 cm³/mol. The molecule has 0 aromatic heterocycles. The molecular formula is C13H28N2S. The first kappa shape index (κ1) is 14.3. The van der Waals surface area contributed by atoms with E-state index in [2.05, 4.69) is 49.8 Å². The molecule has 0 saturated carbocycles. The quantitative estimate of drug-likeness (QED) is 0.818. The van der Waals surface area contributed by atoms with Crippen LogP contribution in [0.25, 0.3) is 0 Å². The van der Waals surface area contributed by atoms with E-state index in [0.29, 0.717) is 11.5 Å². The van der Waals surface area contributed by atoms with Crippen molar-refractivity contribution in [1.29, 1.82) is 0 Å². The van der Waals surface area contributed by atoms with Crippen molar-refractivity contribution in [2.45, 2.75) is 39.7 Å². The van der Waals surface area contributed by atoms with E-state index in [-0.39, 0.29) is 0 Å². The lowest BCUT2D eigenvalue weighted by Gasteiger charge is -2.32. The van der Waals surface area contributed by atoms with Gasteiger partial charge in [0.15, 0.2) is 0 Å². The molecular weight excluding hydrogens is 216 g/mol. The Balaban J connectivity index is 2.30. The van der Waals surface area contributed by atoms with Gasteiger partial charge in [0.1, 0.15) is 0 Å². The maximum Gasteiger partial charge on any atom is 0.0125 e. The SMILES string of the molecule is CNC(CCN1CCCSCC1)C(C)(C)C. The van der Waals surface area contributed by atoms with Gasteiger partial charge in [-0.25, -0.2) is 0 Å². The van der Waals surface area contributed by atoms with Crippen LogP contribution < -0.4 is 5.32 Å². The van der Waals surface area contributed by atoms with Crippen molar-refractivity contribution >= 4 is 11.8 Å². The molecule has 16 heavy (non-hydrogen) atoms. The average Bonchev–Trinajstić information content (AvgIpc) is 2.45. The van der Waals surface area contributed by atoms with Crippen molar-refractivity contribution in [2.24, 2.45) is 5.41 Å². The fourth-order valence-electron chi connectivity index (χ4n) is 2.34. The van der Waals surface area contributed by atoms with Crippen LogP contribution in [0.4, 0.5) is 0 Å². The zero-order valence-corrected chi connectivity index (χ0v) is 12.2. The molecule has 1 unspecified atom stereocenters. The Morgan fingerprint density at radius 1 is 1.25 bits per heavy atom. The highest BCUT2D eigenvalue weighted by atomic mass is 32.2. The highest BCUT2D eigenvalue weighted by Crippen LogP contribution is 2.22. The highest BCUT2D eigenvalue weighted by Gasteiger charge is 2.23. The summed E-state index contributed by atoms with van der Waals surface area (Å²) in [6, 6.07) is 0.628. The summed E-state index contributed by atoms with van der Waals surface area (Å²) in [5.41, 5.74) is 0.370. The molecule has 1 saturated heterocycles. The van der Waals surface area contributed by atoms with Crippen molar-refractivity contribution in [3.63, 3.8) is 0 Å². The summed E-state index contributed by atoms with van der Waals surface area (Å²) in [7, 11) is 2.09. The lowest BCUT2D eigenvalue weighted by molar-refractivity contribution is 0.218. The van der Waals surface area contributed by atoms with Crippen LogP contribution in [0, 0.1) is 5.41 Å². The van der Waals surface area contributed by atoms with E-state index in [1.165, 1.54) is 44.0 Å². The molecule has 0 bridgehead atoms. The summed E-state index contributed by atoms with van der Waals surface area (Å²) in [6.45, 7) is 10.8. The zero-order valence-electron chi connectivity index (χ0n) is 11.4. The van der Waals surface area contributed by atoms with Gasteiger partial charge in [-0.1, -0.05) is 20.8 Å². The maximum atomic E-state index is 3.47. The van der Waals surface area contributed by atoms with Gasteiger partial charge in [-0.2, -0.15) is 11.8 Å². The first-order chi connectivity index (χ1) is 7.54. The number of rotatable bonds is 4. The summed E-state index contributed by atoms with van der Waals surface area (Å²) >= 11 is 2.11. The fraction of sp³-hybridized carbons (Fsp3) is 1.00. The van der Waals surface area contributed by atoms with Crippen LogP contribution in [0.5, 0.6) is 0 Å². The molecule has 1 atom stereocenters. The third-order valence-corrected chi connectivity index (χ3v) is 4.49. The van der Waals surface area contributed by atoms with Crippen molar-refractivity contribution in [2.75, 3.05) is 38.2 Å². The molecule has 1 N–H and O–H groups in total. The van der Waals surface area contributed by atoms with Gasteiger partial charge < -0.3 is 10.2 Å². The summed E-state index contributed by atoms with van der Waals surface area (Å²) in [5.74, 6) is 2.67. The third kappa shape index (κ3) is 5.07. The highest BCUT2D eigenvalue weighted by molar-refractivity contribution is 7.99. The molecule has 96 valence electrons. The Morgan fingerprint density at radius 3 is 2.62 bits per heavy atom. The standard InChI is InChI=1S/C13H28N2S/c1-13(2,3)12(14-4)6-8-15-7-5-10-16-11-9-15/h12,14H,5-11H2,1-4H3. The van der Waals surface area contributed by atoms with Crippen LogP contribution in [0.2, 0.25) is 0 Å².